The number of nitrogens with zero attached hydrogens (tertiary/aromatic N) is 1. The highest BCUT2D eigenvalue weighted by Crippen LogP contribution is 2.28. The second-order valence-electron chi connectivity index (χ2n) is 4.67. The van der Waals surface area contributed by atoms with E-state index in [9.17, 15) is 5.11 Å². The van der Waals surface area contributed by atoms with Crippen LogP contribution in [0.4, 0.5) is 5.69 Å². The number of benzene rings is 2. The maximum absolute atomic E-state index is 10.00. The van der Waals surface area contributed by atoms with Crippen LogP contribution in [-0.4, -0.2) is 16.3 Å². The topological polar surface area (TPSA) is 48.4 Å². The number of halogens is 1. The molecule has 0 aliphatic rings. The molecule has 100 valence electrons. The minimum atomic E-state index is 0.134. The van der Waals surface area contributed by atoms with E-state index in [4.69, 9.17) is 0 Å². The SMILES string of the molecule is Cc1cccc(N=Cc2c(O)[nH]c3ccc(Br)cc23)c1. The molecule has 4 heteroatoms. The molecule has 20 heavy (non-hydrogen) atoms. The van der Waals surface area contributed by atoms with E-state index in [1.54, 1.807) is 6.21 Å². The van der Waals surface area contributed by atoms with Crippen molar-refractivity contribution in [3.8, 4) is 5.88 Å². The molecule has 3 nitrogen and oxygen atoms in total. The first-order valence-electron chi connectivity index (χ1n) is 6.24. The molecule has 0 saturated carbocycles. The molecule has 0 saturated heterocycles. The summed E-state index contributed by atoms with van der Waals surface area (Å²) in [4.78, 5) is 7.38. The molecule has 3 rings (SSSR count). The lowest BCUT2D eigenvalue weighted by Gasteiger charge is -1.96. The molecule has 1 aromatic heterocycles. The lowest BCUT2D eigenvalue weighted by atomic mass is 10.2. The molecule has 0 amide bonds. The number of aryl methyl sites for hydroxylation is 1. The normalized spacial score (nSPS) is 11.5. The van der Waals surface area contributed by atoms with Crippen LogP contribution in [0.2, 0.25) is 0 Å². The van der Waals surface area contributed by atoms with Gasteiger partial charge in [-0.15, -0.1) is 0 Å². The van der Waals surface area contributed by atoms with E-state index >= 15 is 0 Å². The Hall–Kier alpha value is -2.07. The molecule has 0 fully saturated rings. The van der Waals surface area contributed by atoms with Crippen LogP contribution in [0.3, 0.4) is 0 Å². The molecule has 0 aliphatic carbocycles. The van der Waals surface area contributed by atoms with E-state index in [0.29, 0.717) is 5.56 Å². The third kappa shape index (κ3) is 2.47. The van der Waals surface area contributed by atoms with Gasteiger partial charge in [-0.3, -0.25) is 4.99 Å². The second-order valence-corrected chi connectivity index (χ2v) is 5.59. The van der Waals surface area contributed by atoms with Crippen LogP contribution < -0.4 is 0 Å². The third-order valence-corrected chi connectivity index (χ3v) is 3.62. The van der Waals surface area contributed by atoms with Gasteiger partial charge < -0.3 is 10.1 Å². The fourth-order valence-corrected chi connectivity index (χ4v) is 2.51. The highest BCUT2D eigenvalue weighted by atomic mass is 79.9. The average Bonchev–Trinajstić information content (AvgIpc) is 2.72. The summed E-state index contributed by atoms with van der Waals surface area (Å²) in [6.45, 7) is 2.03. The van der Waals surface area contributed by atoms with Gasteiger partial charge in [-0.05, 0) is 42.8 Å². The smallest absolute Gasteiger partial charge is 0.198 e. The van der Waals surface area contributed by atoms with Gasteiger partial charge in [-0.1, -0.05) is 28.1 Å². The number of aromatic nitrogens is 1. The van der Waals surface area contributed by atoms with Crippen molar-refractivity contribution in [3.63, 3.8) is 0 Å². The van der Waals surface area contributed by atoms with Gasteiger partial charge in [0.1, 0.15) is 0 Å². The molecule has 1 heterocycles. The Labute approximate surface area is 125 Å². The maximum Gasteiger partial charge on any atom is 0.198 e. The summed E-state index contributed by atoms with van der Waals surface area (Å²) < 4.78 is 0.967. The van der Waals surface area contributed by atoms with Gasteiger partial charge >= 0.3 is 0 Å². The van der Waals surface area contributed by atoms with E-state index in [-0.39, 0.29) is 5.88 Å². The van der Waals surface area contributed by atoms with Crippen LogP contribution in [0.1, 0.15) is 11.1 Å². The van der Waals surface area contributed by atoms with Crippen LogP contribution in [0, 0.1) is 6.92 Å². The number of aromatic hydroxyl groups is 1. The highest BCUT2D eigenvalue weighted by molar-refractivity contribution is 9.10. The van der Waals surface area contributed by atoms with Crippen molar-refractivity contribution in [1.82, 2.24) is 4.98 Å². The molecule has 0 bridgehead atoms. The summed E-state index contributed by atoms with van der Waals surface area (Å²) in [5, 5.41) is 10.9. The fourth-order valence-electron chi connectivity index (χ4n) is 2.15. The highest BCUT2D eigenvalue weighted by Gasteiger charge is 2.08. The molecule has 0 unspecified atom stereocenters. The molecular weight excluding hydrogens is 316 g/mol. The van der Waals surface area contributed by atoms with E-state index in [0.717, 1.165) is 26.6 Å². The van der Waals surface area contributed by atoms with E-state index in [1.165, 1.54) is 0 Å². The van der Waals surface area contributed by atoms with Crippen molar-refractivity contribution < 1.29 is 5.11 Å². The molecule has 0 aliphatic heterocycles. The predicted molar refractivity (Wildman–Crippen MR) is 86.1 cm³/mol. The Morgan fingerprint density at radius 2 is 2.05 bits per heavy atom. The third-order valence-electron chi connectivity index (χ3n) is 3.12. The zero-order chi connectivity index (χ0) is 14.1. The van der Waals surface area contributed by atoms with Crippen LogP contribution >= 0.6 is 15.9 Å². The first kappa shape index (κ1) is 12.9. The van der Waals surface area contributed by atoms with Gasteiger partial charge in [0, 0.05) is 21.6 Å². The van der Waals surface area contributed by atoms with Crippen molar-refractivity contribution in [3.05, 3.63) is 58.1 Å². The van der Waals surface area contributed by atoms with Crippen molar-refractivity contribution in [2.75, 3.05) is 0 Å². The monoisotopic (exact) mass is 328 g/mol. The Kier molecular flexibility index (Phi) is 3.32. The quantitative estimate of drug-likeness (QED) is 0.658. The summed E-state index contributed by atoms with van der Waals surface area (Å²) in [7, 11) is 0. The summed E-state index contributed by atoms with van der Waals surface area (Å²) in [6, 6.07) is 13.7. The van der Waals surface area contributed by atoms with Crippen molar-refractivity contribution in [2.24, 2.45) is 4.99 Å². The summed E-state index contributed by atoms with van der Waals surface area (Å²) >= 11 is 3.44. The lowest BCUT2D eigenvalue weighted by Crippen LogP contribution is -1.79. The van der Waals surface area contributed by atoms with Crippen LogP contribution in [0.5, 0.6) is 5.88 Å². The average molecular weight is 329 g/mol. The zero-order valence-corrected chi connectivity index (χ0v) is 12.5. The molecule has 3 aromatic rings. The molecule has 2 N–H and O–H groups in total. The van der Waals surface area contributed by atoms with Crippen LogP contribution in [-0.2, 0) is 0 Å². The standard InChI is InChI=1S/C16H13BrN2O/c1-10-3-2-4-12(7-10)18-9-14-13-8-11(17)5-6-15(13)19-16(14)20/h2-9,19-20H,1H3. The Morgan fingerprint density at radius 3 is 2.85 bits per heavy atom. The molecule has 0 radical (unpaired) electrons. The number of hydrogen-bond donors (Lipinski definition) is 2. The predicted octanol–water partition coefficient (Wildman–Crippen LogP) is 4.70. The number of hydrogen-bond acceptors (Lipinski definition) is 2. The van der Waals surface area contributed by atoms with Gasteiger partial charge in [0.2, 0.25) is 0 Å². The number of rotatable bonds is 2. The van der Waals surface area contributed by atoms with Crippen molar-refractivity contribution in [2.45, 2.75) is 6.92 Å². The molecule has 2 aromatic carbocycles. The van der Waals surface area contributed by atoms with Gasteiger partial charge in [0.25, 0.3) is 0 Å². The van der Waals surface area contributed by atoms with Gasteiger partial charge in [-0.2, -0.15) is 0 Å². The Bertz CT molecular complexity index is 805. The minimum absolute atomic E-state index is 0.134. The van der Waals surface area contributed by atoms with E-state index in [1.807, 2.05) is 49.4 Å². The molecule has 0 atom stereocenters. The van der Waals surface area contributed by atoms with Gasteiger partial charge in [0.15, 0.2) is 5.88 Å². The van der Waals surface area contributed by atoms with Crippen molar-refractivity contribution in [1.29, 1.82) is 0 Å². The summed E-state index contributed by atoms with van der Waals surface area (Å²) in [5.41, 5.74) is 3.61. The second kappa shape index (κ2) is 5.13. The maximum atomic E-state index is 10.00. The largest absolute Gasteiger partial charge is 0.494 e. The van der Waals surface area contributed by atoms with Crippen LogP contribution in [0.25, 0.3) is 10.9 Å². The first-order valence-corrected chi connectivity index (χ1v) is 7.04. The number of aliphatic imine (C=N–C) groups is 1. The van der Waals surface area contributed by atoms with Crippen molar-refractivity contribution >= 4 is 38.7 Å². The van der Waals surface area contributed by atoms with E-state index in [2.05, 4.69) is 25.9 Å². The number of aromatic amines is 1. The number of fused-ring (bicyclic) bond motifs is 1. The summed E-state index contributed by atoms with van der Waals surface area (Å²) in [5.74, 6) is 0.134. The lowest BCUT2D eigenvalue weighted by molar-refractivity contribution is 0.457. The molecular formula is C16H13BrN2O. The molecule has 0 spiro atoms. The number of H-pyrrole nitrogens is 1. The Morgan fingerprint density at radius 1 is 1.20 bits per heavy atom. The summed E-state index contributed by atoms with van der Waals surface area (Å²) in [6.07, 6.45) is 1.69. The number of nitrogens with one attached hydrogen (secondary N) is 1. The van der Waals surface area contributed by atoms with Gasteiger partial charge in [-0.25, -0.2) is 0 Å². The minimum Gasteiger partial charge on any atom is -0.494 e. The zero-order valence-electron chi connectivity index (χ0n) is 10.9. The first-order chi connectivity index (χ1) is 9.63. The van der Waals surface area contributed by atoms with Crippen LogP contribution in [0.15, 0.2) is 51.9 Å². The Balaban J connectivity index is 2.06. The fraction of sp³-hybridized carbons (Fsp3) is 0.0625. The van der Waals surface area contributed by atoms with E-state index < -0.39 is 0 Å². The van der Waals surface area contributed by atoms with Gasteiger partial charge in [0.05, 0.1) is 11.3 Å².